The summed E-state index contributed by atoms with van der Waals surface area (Å²) in [5, 5.41) is 2.90. The van der Waals surface area contributed by atoms with E-state index in [9.17, 15) is 4.79 Å². The molecule has 5 aromatic carbocycles. The average molecular weight is 525 g/mol. The predicted molar refractivity (Wildman–Crippen MR) is 159 cm³/mol. The molecule has 5 aromatic rings. The van der Waals surface area contributed by atoms with E-state index in [0.29, 0.717) is 5.69 Å². The van der Waals surface area contributed by atoms with E-state index >= 15 is 4.79 Å². The number of benzene rings is 5. The van der Waals surface area contributed by atoms with Gasteiger partial charge in [-0.05, 0) is 40.2 Å². The summed E-state index contributed by atoms with van der Waals surface area (Å²) in [6, 6.07) is 49.0. The van der Waals surface area contributed by atoms with Crippen LogP contribution in [0.5, 0.6) is 0 Å². The zero-order chi connectivity index (χ0) is 26.9. The highest BCUT2D eigenvalue weighted by Gasteiger charge is 2.64. The standard InChI is InChI=1S/C34H28N2O2Si/c1-34(27-17-7-2-8-18-27)32(37)36(33(38)35(34)28-19-9-3-10-20-28)39(29-21-11-4-12-22-29,30-23-13-5-14-24-30)31-25-15-6-16-26-31/h2-26H,1H3. The van der Waals surface area contributed by atoms with Crippen LogP contribution in [0.25, 0.3) is 0 Å². The Bertz CT molecular complexity index is 1500. The quantitative estimate of drug-likeness (QED) is 0.177. The number of anilines is 1. The number of para-hydroxylation sites is 1. The van der Waals surface area contributed by atoms with Crippen LogP contribution < -0.4 is 20.5 Å². The first-order chi connectivity index (χ1) is 19.1. The Balaban J connectivity index is 1.71. The van der Waals surface area contributed by atoms with Gasteiger partial charge in [0.05, 0.1) is 0 Å². The molecule has 1 fully saturated rings. The second kappa shape index (κ2) is 9.85. The van der Waals surface area contributed by atoms with E-state index in [1.807, 2.05) is 122 Å². The fourth-order valence-electron chi connectivity index (χ4n) is 5.87. The normalized spacial score (nSPS) is 17.5. The zero-order valence-corrected chi connectivity index (χ0v) is 22.6. The van der Waals surface area contributed by atoms with Gasteiger partial charge in [-0.15, -0.1) is 0 Å². The number of carbonyl (C=O) groups excluding carboxylic acids is 2. The van der Waals surface area contributed by atoms with Crippen LogP contribution in [0, 0.1) is 0 Å². The fourth-order valence-corrected chi connectivity index (χ4v) is 10.6. The van der Waals surface area contributed by atoms with Crippen LogP contribution >= 0.6 is 0 Å². The van der Waals surface area contributed by atoms with Gasteiger partial charge >= 0.3 is 6.03 Å². The van der Waals surface area contributed by atoms with Gasteiger partial charge < -0.3 is 0 Å². The number of imide groups is 1. The van der Waals surface area contributed by atoms with E-state index in [-0.39, 0.29) is 11.9 Å². The highest BCUT2D eigenvalue weighted by Crippen LogP contribution is 2.42. The molecule has 0 aromatic heterocycles. The molecule has 1 heterocycles. The van der Waals surface area contributed by atoms with Crippen molar-refractivity contribution in [1.29, 1.82) is 0 Å². The highest BCUT2D eigenvalue weighted by molar-refractivity contribution is 7.12. The number of hydrogen-bond acceptors (Lipinski definition) is 2. The lowest BCUT2D eigenvalue weighted by molar-refractivity contribution is -0.127. The summed E-state index contributed by atoms with van der Waals surface area (Å²) in [5.41, 5.74) is 0.213. The van der Waals surface area contributed by atoms with Gasteiger partial charge in [0.2, 0.25) is 0 Å². The molecule has 0 aliphatic carbocycles. The van der Waals surface area contributed by atoms with Crippen molar-refractivity contribution in [1.82, 2.24) is 4.57 Å². The molecule has 6 rings (SSSR count). The summed E-state index contributed by atoms with van der Waals surface area (Å²) in [4.78, 5) is 31.7. The summed E-state index contributed by atoms with van der Waals surface area (Å²) in [6.45, 7) is 1.87. The van der Waals surface area contributed by atoms with Crippen LogP contribution in [0.4, 0.5) is 10.5 Å². The van der Waals surface area contributed by atoms with E-state index in [1.54, 1.807) is 9.47 Å². The molecule has 1 unspecified atom stereocenters. The van der Waals surface area contributed by atoms with E-state index in [2.05, 4.69) is 36.4 Å². The third-order valence-corrected chi connectivity index (χ3v) is 12.3. The molecule has 0 N–H and O–H groups in total. The van der Waals surface area contributed by atoms with Gasteiger partial charge in [0.25, 0.3) is 14.1 Å². The maximum atomic E-state index is 15.1. The molecule has 0 spiro atoms. The van der Waals surface area contributed by atoms with Crippen molar-refractivity contribution in [3.63, 3.8) is 0 Å². The lowest BCUT2D eigenvalue weighted by Gasteiger charge is -2.39. The van der Waals surface area contributed by atoms with Gasteiger partial charge in [-0.25, -0.2) is 4.79 Å². The average Bonchev–Trinajstić information content (AvgIpc) is 3.21. The third-order valence-electron chi connectivity index (χ3n) is 7.71. The van der Waals surface area contributed by atoms with Crippen molar-refractivity contribution in [3.8, 4) is 0 Å². The van der Waals surface area contributed by atoms with Crippen LogP contribution in [0.1, 0.15) is 12.5 Å². The maximum absolute atomic E-state index is 15.1. The Labute approximate surface area is 229 Å². The van der Waals surface area contributed by atoms with Gasteiger partial charge in [-0.3, -0.25) is 14.3 Å². The number of carbonyl (C=O) groups is 2. The number of amides is 3. The molecule has 5 heteroatoms. The first-order valence-corrected chi connectivity index (χ1v) is 15.0. The van der Waals surface area contributed by atoms with Crippen LogP contribution in [0.2, 0.25) is 0 Å². The molecule has 39 heavy (non-hydrogen) atoms. The van der Waals surface area contributed by atoms with Crippen LogP contribution in [-0.4, -0.2) is 24.7 Å². The van der Waals surface area contributed by atoms with Gasteiger partial charge in [-0.2, -0.15) is 0 Å². The Kier molecular flexibility index (Phi) is 6.21. The first kappa shape index (κ1) is 24.6. The molecule has 0 bridgehead atoms. The SMILES string of the molecule is CC1(c2ccccc2)C(=O)N([Si](c2ccccc2)(c2ccccc2)c2ccccc2)C(=O)N1c1ccccc1. The van der Waals surface area contributed by atoms with Crippen molar-refractivity contribution in [3.05, 3.63) is 157 Å². The van der Waals surface area contributed by atoms with Gasteiger partial charge in [-0.1, -0.05) is 140 Å². The van der Waals surface area contributed by atoms with E-state index in [0.717, 1.165) is 21.1 Å². The second-order valence-corrected chi connectivity index (χ2v) is 13.4. The third kappa shape index (κ3) is 3.74. The van der Waals surface area contributed by atoms with Crippen molar-refractivity contribution in [2.45, 2.75) is 12.5 Å². The van der Waals surface area contributed by atoms with E-state index in [1.165, 1.54) is 0 Å². The number of hydrogen-bond donors (Lipinski definition) is 0. The molecular weight excluding hydrogens is 496 g/mol. The van der Waals surface area contributed by atoms with Crippen molar-refractivity contribution >= 4 is 41.4 Å². The monoisotopic (exact) mass is 524 g/mol. The minimum atomic E-state index is -3.42. The van der Waals surface area contributed by atoms with Gasteiger partial charge in [0, 0.05) is 5.69 Å². The molecule has 4 nitrogen and oxygen atoms in total. The molecule has 190 valence electrons. The fraction of sp³-hybridized carbons (Fsp3) is 0.0588. The lowest BCUT2D eigenvalue weighted by Crippen LogP contribution is -2.78. The van der Waals surface area contributed by atoms with Crippen molar-refractivity contribution < 1.29 is 9.59 Å². The Morgan fingerprint density at radius 2 is 0.872 bits per heavy atom. The minimum absolute atomic E-state index is 0.231. The van der Waals surface area contributed by atoms with Crippen molar-refractivity contribution in [2.75, 3.05) is 4.90 Å². The van der Waals surface area contributed by atoms with Crippen LogP contribution in [0.3, 0.4) is 0 Å². The summed E-state index contributed by atoms with van der Waals surface area (Å²) in [5.74, 6) is -0.231. The Hall–Kier alpha value is -4.74. The first-order valence-electron chi connectivity index (χ1n) is 13.1. The summed E-state index contributed by atoms with van der Waals surface area (Å²) < 4.78 is 1.62. The molecule has 0 saturated carbocycles. The van der Waals surface area contributed by atoms with Gasteiger partial charge in [0.1, 0.15) is 0 Å². The molecule has 0 radical (unpaired) electrons. The molecule has 1 saturated heterocycles. The smallest absolute Gasteiger partial charge is 0.277 e. The summed E-state index contributed by atoms with van der Waals surface area (Å²) in [7, 11) is -3.42. The van der Waals surface area contributed by atoms with Gasteiger partial charge in [0.15, 0.2) is 5.54 Å². The molecule has 1 aliphatic heterocycles. The second-order valence-electron chi connectivity index (χ2n) is 9.84. The summed E-state index contributed by atoms with van der Waals surface area (Å²) >= 11 is 0. The number of rotatable bonds is 6. The van der Waals surface area contributed by atoms with Crippen molar-refractivity contribution in [2.24, 2.45) is 0 Å². The molecular formula is C34H28N2O2Si. The van der Waals surface area contributed by atoms with Crippen LogP contribution in [0.15, 0.2) is 152 Å². The predicted octanol–water partition coefficient (Wildman–Crippen LogP) is 5.04. The highest BCUT2D eigenvalue weighted by atomic mass is 28.3. The Morgan fingerprint density at radius 1 is 0.513 bits per heavy atom. The molecule has 3 amide bonds. The lowest BCUT2D eigenvalue weighted by atomic mass is 9.90. The maximum Gasteiger partial charge on any atom is 0.325 e. The summed E-state index contributed by atoms with van der Waals surface area (Å²) in [6.07, 6.45) is 0. The number of nitrogens with zero attached hydrogens (tertiary/aromatic N) is 2. The minimum Gasteiger partial charge on any atom is -0.277 e. The van der Waals surface area contributed by atoms with E-state index in [4.69, 9.17) is 0 Å². The van der Waals surface area contributed by atoms with Crippen LogP contribution in [-0.2, 0) is 10.3 Å². The Morgan fingerprint density at radius 3 is 1.28 bits per heavy atom. The number of urea groups is 1. The van der Waals surface area contributed by atoms with E-state index < -0.39 is 13.8 Å². The molecule has 1 aliphatic rings. The largest absolute Gasteiger partial charge is 0.325 e. The topological polar surface area (TPSA) is 40.6 Å². The zero-order valence-electron chi connectivity index (χ0n) is 21.6. The molecule has 1 atom stereocenters.